The van der Waals surface area contributed by atoms with Crippen molar-refractivity contribution in [3.8, 4) is 0 Å². The summed E-state index contributed by atoms with van der Waals surface area (Å²) < 4.78 is 14.6. The van der Waals surface area contributed by atoms with E-state index in [-0.39, 0.29) is 19.8 Å². The third-order valence-electron chi connectivity index (χ3n) is 2.47. The lowest BCUT2D eigenvalue weighted by atomic mass is 10.1. The third kappa shape index (κ3) is 9.09. The Balaban J connectivity index is 0.00000254. The normalized spacial score (nSPS) is 9.42. The van der Waals surface area contributed by atoms with Crippen LogP contribution in [0.25, 0.3) is 0 Å². The molecule has 9 heteroatoms. The fourth-order valence-electron chi connectivity index (χ4n) is 1.60. The van der Waals surface area contributed by atoms with E-state index in [2.05, 4.69) is 37.9 Å². The number of benzene rings is 1. The minimum atomic E-state index is -0.735. The summed E-state index contributed by atoms with van der Waals surface area (Å²) in [5.41, 5.74) is 1.78. The molecule has 0 aliphatic heterocycles. The molecule has 0 aliphatic rings. The van der Waals surface area contributed by atoms with Gasteiger partial charge in [0, 0.05) is 22.9 Å². The highest BCUT2D eigenvalue weighted by Gasteiger charge is 2.12. The molecule has 0 saturated carbocycles. The number of hydrogen-bond acceptors (Lipinski definition) is 7. The lowest BCUT2D eigenvalue weighted by Gasteiger charge is -2.13. The number of carbonyl (C=O) groups excluding carboxylic acids is 3. The number of thiol groups is 3. The maximum Gasteiger partial charge on any atom is 0.364 e. The molecule has 24 heavy (non-hydrogen) atoms. The van der Waals surface area contributed by atoms with Crippen LogP contribution in [-0.4, -0.2) is 16.6 Å². The largest absolute Gasteiger partial charge is 0.461 e. The average Bonchev–Trinajstić information content (AvgIpc) is 2.52. The van der Waals surface area contributed by atoms with Gasteiger partial charge >= 0.3 is 16.6 Å². The van der Waals surface area contributed by atoms with Crippen LogP contribution in [-0.2, 0) is 38.8 Å². The first kappa shape index (κ1) is 22.7. The fraction of sp³-hybridized carbons (Fsp3) is 0.400. The lowest BCUT2D eigenvalue weighted by molar-refractivity contribution is -0.142. The van der Waals surface area contributed by atoms with Crippen LogP contribution < -0.4 is 0 Å². The Hall–Kier alpha value is -1.32. The van der Waals surface area contributed by atoms with E-state index < -0.39 is 16.6 Å². The Labute approximate surface area is 157 Å². The first-order valence-corrected chi connectivity index (χ1v) is 8.32. The van der Waals surface area contributed by atoms with Crippen LogP contribution in [0.15, 0.2) is 17.0 Å². The van der Waals surface area contributed by atoms with Crippen molar-refractivity contribution >= 4 is 54.5 Å². The molecule has 0 atom stereocenters. The highest BCUT2D eigenvalue weighted by Crippen LogP contribution is 2.24. The highest BCUT2D eigenvalue weighted by molar-refractivity contribution is 7.96. The van der Waals surface area contributed by atoms with Crippen LogP contribution in [0.4, 0.5) is 9.59 Å². The molecule has 0 N–H and O–H groups in total. The Kier molecular flexibility index (Phi) is 11.4. The molecular formula is C15H20O6S3. The number of esters is 1. The predicted octanol–water partition coefficient (Wildman–Crippen LogP) is 4.20. The van der Waals surface area contributed by atoms with Crippen molar-refractivity contribution in [3.63, 3.8) is 0 Å². The zero-order chi connectivity index (χ0) is 18.7. The third-order valence-corrected chi connectivity index (χ3v) is 3.30. The van der Waals surface area contributed by atoms with Gasteiger partial charge in [-0.25, -0.2) is 9.59 Å². The van der Waals surface area contributed by atoms with Gasteiger partial charge in [-0.1, -0.05) is 39.1 Å². The van der Waals surface area contributed by atoms with Gasteiger partial charge < -0.3 is 14.2 Å². The van der Waals surface area contributed by atoms with E-state index in [1.54, 1.807) is 12.1 Å². The summed E-state index contributed by atoms with van der Waals surface area (Å²) in [7, 11) is 0. The van der Waals surface area contributed by atoms with E-state index in [9.17, 15) is 14.4 Å². The second-order valence-electron chi connectivity index (χ2n) is 4.15. The second kappa shape index (κ2) is 12.1. The molecule has 0 unspecified atom stereocenters. The van der Waals surface area contributed by atoms with Gasteiger partial charge in [0.15, 0.2) is 0 Å². The molecule has 0 bridgehead atoms. The van der Waals surface area contributed by atoms with Crippen LogP contribution in [0.2, 0.25) is 0 Å². The topological polar surface area (TPSA) is 78.9 Å². The van der Waals surface area contributed by atoms with Gasteiger partial charge in [-0.2, -0.15) is 0 Å². The summed E-state index contributed by atoms with van der Waals surface area (Å²) in [6.45, 7) is 5.21. The lowest BCUT2D eigenvalue weighted by Crippen LogP contribution is -2.05. The van der Waals surface area contributed by atoms with E-state index in [0.717, 1.165) is 0 Å². The van der Waals surface area contributed by atoms with Gasteiger partial charge in [0.2, 0.25) is 0 Å². The van der Waals surface area contributed by atoms with Gasteiger partial charge in [0.25, 0.3) is 0 Å². The number of carbonyl (C=O) groups is 3. The maximum atomic E-state index is 10.9. The Bertz CT molecular complexity index is 550. The van der Waals surface area contributed by atoms with E-state index in [4.69, 9.17) is 14.2 Å². The number of rotatable bonds is 6. The first-order valence-electron chi connectivity index (χ1n) is 6.98. The van der Waals surface area contributed by atoms with E-state index >= 15 is 0 Å². The van der Waals surface area contributed by atoms with Crippen LogP contribution in [0.3, 0.4) is 0 Å². The minimum Gasteiger partial charge on any atom is -0.461 e. The molecule has 0 fully saturated rings. The average molecular weight is 393 g/mol. The Morgan fingerprint density at radius 2 is 1.29 bits per heavy atom. The van der Waals surface area contributed by atoms with Crippen molar-refractivity contribution in [2.45, 2.75) is 45.5 Å². The smallest absolute Gasteiger partial charge is 0.364 e. The molecule has 0 aliphatic carbocycles. The number of hydrogen-bond donors (Lipinski definition) is 3. The summed E-state index contributed by atoms with van der Waals surface area (Å²) in [5, 5.41) is -1.47. The molecule has 1 aromatic carbocycles. The van der Waals surface area contributed by atoms with Crippen molar-refractivity contribution in [1.29, 1.82) is 0 Å². The highest BCUT2D eigenvalue weighted by atomic mass is 32.1. The summed E-state index contributed by atoms with van der Waals surface area (Å²) >= 11 is 11.4. The molecule has 0 saturated heterocycles. The predicted molar refractivity (Wildman–Crippen MR) is 98.9 cm³/mol. The quantitative estimate of drug-likeness (QED) is 0.383. The Morgan fingerprint density at radius 1 is 0.875 bits per heavy atom. The van der Waals surface area contributed by atoms with Crippen LogP contribution in [0.5, 0.6) is 0 Å². The van der Waals surface area contributed by atoms with Crippen molar-refractivity contribution in [3.05, 3.63) is 28.8 Å². The summed E-state index contributed by atoms with van der Waals surface area (Å²) in [5.74, 6) is -0.429. The summed E-state index contributed by atoms with van der Waals surface area (Å²) in [6, 6.07) is 3.35. The molecule has 6 nitrogen and oxygen atoms in total. The zero-order valence-electron chi connectivity index (χ0n) is 13.6. The molecule has 0 spiro atoms. The molecule has 1 aromatic rings. The van der Waals surface area contributed by atoms with Crippen molar-refractivity contribution in [2.75, 3.05) is 0 Å². The van der Waals surface area contributed by atoms with Gasteiger partial charge in [0.05, 0.1) is 0 Å². The Morgan fingerprint density at radius 3 is 1.62 bits per heavy atom. The van der Waals surface area contributed by atoms with Crippen LogP contribution >= 0.6 is 37.9 Å². The standard InChI is InChI=1S/C13H14O6S3.C2H6/c1-7(14)17-4-8-2-9(5-18-12(15)21)11(20)10(3-8)6-19-13(16)22;1-2/h2-3,20H,4-6H2,1H3,(H,15,21)(H,16,22);1-2H3. The minimum absolute atomic E-state index is 0.0348. The first-order chi connectivity index (χ1) is 11.3. The van der Waals surface area contributed by atoms with Crippen molar-refractivity contribution in [2.24, 2.45) is 0 Å². The van der Waals surface area contributed by atoms with Crippen LogP contribution in [0.1, 0.15) is 37.5 Å². The van der Waals surface area contributed by atoms with Crippen LogP contribution in [0, 0.1) is 0 Å². The zero-order valence-corrected chi connectivity index (χ0v) is 16.3. The molecule has 1 rings (SSSR count). The number of ether oxygens (including phenoxy) is 3. The van der Waals surface area contributed by atoms with E-state index in [1.807, 2.05) is 13.8 Å². The van der Waals surface area contributed by atoms with Gasteiger partial charge in [0.1, 0.15) is 19.8 Å². The summed E-state index contributed by atoms with van der Waals surface area (Å²) in [6.07, 6.45) is 0. The van der Waals surface area contributed by atoms with Gasteiger partial charge in [-0.3, -0.25) is 4.79 Å². The molecule has 0 radical (unpaired) electrons. The molecule has 0 aromatic heterocycles. The molecule has 134 valence electrons. The van der Waals surface area contributed by atoms with E-state index in [0.29, 0.717) is 21.6 Å². The van der Waals surface area contributed by atoms with Crippen molar-refractivity contribution in [1.82, 2.24) is 0 Å². The molecular weight excluding hydrogens is 372 g/mol. The van der Waals surface area contributed by atoms with E-state index in [1.165, 1.54) is 6.92 Å². The van der Waals surface area contributed by atoms with Gasteiger partial charge in [-0.15, -0.1) is 12.6 Å². The fourth-order valence-corrected chi connectivity index (χ4v) is 1.99. The molecule has 0 amide bonds. The maximum absolute atomic E-state index is 10.9. The summed E-state index contributed by atoms with van der Waals surface area (Å²) in [4.78, 5) is 33.0. The molecule has 0 heterocycles. The second-order valence-corrected chi connectivity index (χ2v) is 5.33. The van der Waals surface area contributed by atoms with Crippen molar-refractivity contribution < 1.29 is 28.6 Å². The van der Waals surface area contributed by atoms with Gasteiger partial charge in [-0.05, 0) is 17.7 Å². The monoisotopic (exact) mass is 392 g/mol. The SMILES string of the molecule is CC.CC(=O)OCc1cc(COC(=O)S)c(S)c(COC(=O)S)c1.